The number of ether oxygens (including phenoxy) is 1. The van der Waals surface area contributed by atoms with E-state index in [9.17, 15) is 31.5 Å². The Morgan fingerprint density at radius 2 is 1.74 bits per heavy atom. The van der Waals surface area contributed by atoms with Crippen LogP contribution in [0.15, 0.2) is 48.7 Å². The molecule has 0 unspecified atom stereocenters. The van der Waals surface area contributed by atoms with E-state index in [1.807, 2.05) is 0 Å². The molecule has 0 spiro atoms. The van der Waals surface area contributed by atoms with Crippen LogP contribution in [-0.2, 0) is 10.9 Å². The predicted octanol–water partition coefficient (Wildman–Crippen LogP) is 4.60. The number of anilines is 1. The maximum Gasteiger partial charge on any atom is 0.434 e. The van der Waals surface area contributed by atoms with Crippen LogP contribution in [0.25, 0.3) is 5.69 Å². The number of esters is 1. The van der Waals surface area contributed by atoms with Gasteiger partial charge in [-0.1, -0.05) is 0 Å². The van der Waals surface area contributed by atoms with Crippen LogP contribution < -0.4 is 5.32 Å². The summed E-state index contributed by atoms with van der Waals surface area (Å²) in [6, 6.07) is 7.60. The molecule has 1 aromatic heterocycles. The number of halogens is 5. The number of benzene rings is 2. The smallest absolute Gasteiger partial charge is 0.434 e. The molecule has 3 rings (SSSR count). The van der Waals surface area contributed by atoms with Gasteiger partial charge in [0.1, 0.15) is 5.56 Å². The van der Waals surface area contributed by atoms with Gasteiger partial charge in [-0.3, -0.25) is 4.79 Å². The number of carbonyl (C=O) groups is 2. The topological polar surface area (TPSA) is 73.2 Å². The van der Waals surface area contributed by atoms with Gasteiger partial charge in [0.15, 0.2) is 17.3 Å². The maximum atomic E-state index is 13.5. The first kappa shape index (κ1) is 21.9. The zero-order valence-corrected chi connectivity index (χ0v) is 15.8. The Kier molecular flexibility index (Phi) is 6.04. The van der Waals surface area contributed by atoms with Crippen LogP contribution in [0.3, 0.4) is 0 Å². The van der Waals surface area contributed by atoms with Crippen molar-refractivity contribution < 1.29 is 36.3 Å². The van der Waals surface area contributed by atoms with Gasteiger partial charge in [0.2, 0.25) is 0 Å². The predicted molar refractivity (Wildman–Crippen MR) is 98.8 cm³/mol. The molecule has 11 heteroatoms. The quantitative estimate of drug-likeness (QED) is 0.466. The zero-order valence-electron chi connectivity index (χ0n) is 15.8. The molecule has 0 saturated heterocycles. The van der Waals surface area contributed by atoms with Gasteiger partial charge in [0, 0.05) is 17.3 Å². The molecule has 0 aliphatic heterocycles. The molecule has 0 fully saturated rings. The maximum absolute atomic E-state index is 13.5. The van der Waals surface area contributed by atoms with E-state index in [2.05, 4.69) is 15.2 Å². The van der Waals surface area contributed by atoms with Gasteiger partial charge < -0.3 is 10.1 Å². The largest absolute Gasteiger partial charge is 0.462 e. The molecule has 31 heavy (non-hydrogen) atoms. The Labute approximate surface area is 172 Å². The number of aromatic nitrogens is 2. The molecule has 1 heterocycles. The molecule has 2 aromatic carbocycles. The minimum Gasteiger partial charge on any atom is -0.462 e. The fraction of sp³-hybridized carbons (Fsp3) is 0.150. The molecule has 0 aliphatic rings. The van der Waals surface area contributed by atoms with E-state index in [0.29, 0.717) is 4.68 Å². The summed E-state index contributed by atoms with van der Waals surface area (Å²) in [6.07, 6.45) is -4.15. The van der Waals surface area contributed by atoms with Gasteiger partial charge in [-0.05, 0) is 43.3 Å². The monoisotopic (exact) mass is 439 g/mol. The Morgan fingerprint density at radius 3 is 2.32 bits per heavy atom. The van der Waals surface area contributed by atoms with Gasteiger partial charge >= 0.3 is 12.1 Å². The van der Waals surface area contributed by atoms with E-state index in [0.717, 1.165) is 24.4 Å². The molecule has 0 radical (unpaired) electrons. The van der Waals surface area contributed by atoms with Crippen molar-refractivity contribution in [3.63, 3.8) is 0 Å². The van der Waals surface area contributed by atoms with Crippen LogP contribution in [0.2, 0.25) is 0 Å². The lowest BCUT2D eigenvalue weighted by Gasteiger charge is -2.13. The molecule has 0 aliphatic carbocycles. The number of nitrogens with one attached hydrogen (secondary N) is 1. The fourth-order valence-electron chi connectivity index (χ4n) is 2.71. The Morgan fingerprint density at radius 1 is 1.06 bits per heavy atom. The first-order chi connectivity index (χ1) is 14.6. The highest BCUT2D eigenvalue weighted by molar-refractivity contribution is 6.04. The molecule has 3 aromatic rings. The second kappa shape index (κ2) is 8.54. The number of alkyl halides is 3. The van der Waals surface area contributed by atoms with E-state index in [1.54, 1.807) is 0 Å². The zero-order chi connectivity index (χ0) is 22.8. The molecule has 0 atom stereocenters. The summed E-state index contributed by atoms with van der Waals surface area (Å²) in [6.45, 7) is 1.35. The third kappa shape index (κ3) is 4.71. The molecule has 0 saturated carbocycles. The lowest BCUT2D eigenvalue weighted by atomic mass is 10.1. The van der Waals surface area contributed by atoms with E-state index < -0.39 is 40.9 Å². The number of hydrogen-bond acceptors (Lipinski definition) is 4. The third-order valence-corrected chi connectivity index (χ3v) is 4.08. The molecule has 162 valence electrons. The minimum atomic E-state index is -4.90. The SMILES string of the molecule is CCOC(=O)c1cnn(-c2ccc(C(=O)Nc3ccc(F)c(F)c3)cc2)c1C(F)(F)F. The van der Waals surface area contributed by atoms with Crippen LogP contribution in [0.5, 0.6) is 0 Å². The van der Waals surface area contributed by atoms with Crippen molar-refractivity contribution >= 4 is 17.6 Å². The van der Waals surface area contributed by atoms with Gasteiger partial charge in [-0.15, -0.1) is 0 Å². The molecule has 6 nitrogen and oxygen atoms in total. The van der Waals surface area contributed by atoms with Gasteiger partial charge in [-0.25, -0.2) is 18.3 Å². The van der Waals surface area contributed by atoms with Crippen molar-refractivity contribution in [1.82, 2.24) is 9.78 Å². The first-order valence-corrected chi connectivity index (χ1v) is 8.81. The Balaban J connectivity index is 1.88. The number of nitrogens with zero attached hydrogens (tertiary/aromatic N) is 2. The standard InChI is InChI=1S/C20H14F5N3O3/c1-2-31-19(30)14-10-26-28(17(14)20(23,24)25)13-6-3-11(4-7-13)18(29)27-12-5-8-15(21)16(22)9-12/h3-10H,2H2,1H3,(H,27,29). The Hall–Kier alpha value is -3.76. The van der Waals surface area contributed by atoms with E-state index in [4.69, 9.17) is 0 Å². The minimum absolute atomic E-state index is 0.00140. The summed E-state index contributed by atoms with van der Waals surface area (Å²) in [4.78, 5) is 24.1. The van der Waals surface area contributed by atoms with Crippen LogP contribution in [-0.4, -0.2) is 28.3 Å². The summed E-state index contributed by atoms with van der Waals surface area (Å²) in [5, 5.41) is 5.98. The van der Waals surface area contributed by atoms with Crippen molar-refractivity contribution in [3.05, 3.63) is 77.1 Å². The average Bonchev–Trinajstić information content (AvgIpc) is 3.17. The normalized spacial score (nSPS) is 11.3. The van der Waals surface area contributed by atoms with E-state index in [1.165, 1.54) is 31.2 Å². The van der Waals surface area contributed by atoms with Gasteiger partial charge in [0.05, 0.1) is 18.5 Å². The van der Waals surface area contributed by atoms with Crippen molar-refractivity contribution in [3.8, 4) is 5.69 Å². The highest BCUT2D eigenvalue weighted by Crippen LogP contribution is 2.34. The number of carbonyl (C=O) groups excluding carboxylic acids is 2. The molecule has 0 bridgehead atoms. The summed E-state index contributed by atoms with van der Waals surface area (Å²) < 4.78 is 72.0. The molecule has 1 amide bonds. The van der Waals surface area contributed by atoms with Gasteiger partial charge in [0.25, 0.3) is 5.91 Å². The first-order valence-electron chi connectivity index (χ1n) is 8.81. The average molecular weight is 439 g/mol. The molecule has 1 N–H and O–H groups in total. The lowest BCUT2D eigenvalue weighted by molar-refractivity contribution is -0.143. The number of hydrogen-bond donors (Lipinski definition) is 1. The third-order valence-electron chi connectivity index (χ3n) is 4.08. The van der Waals surface area contributed by atoms with Crippen LogP contribution in [0.1, 0.15) is 33.3 Å². The van der Waals surface area contributed by atoms with Crippen molar-refractivity contribution in [2.75, 3.05) is 11.9 Å². The second-order valence-corrected chi connectivity index (χ2v) is 6.17. The lowest BCUT2D eigenvalue weighted by Crippen LogP contribution is -2.18. The highest BCUT2D eigenvalue weighted by Gasteiger charge is 2.41. The van der Waals surface area contributed by atoms with E-state index in [-0.39, 0.29) is 23.5 Å². The van der Waals surface area contributed by atoms with Gasteiger partial charge in [-0.2, -0.15) is 18.3 Å². The van der Waals surface area contributed by atoms with Crippen molar-refractivity contribution in [1.29, 1.82) is 0 Å². The fourth-order valence-corrected chi connectivity index (χ4v) is 2.71. The highest BCUT2D eigenvalue weighted by atomic mass is 19.4. The van der Waals surface area contributed by atoms with Crippen LogP contribution >= 0.6 is 0 Å². The van der Waals surface area contributed by atoms with E-state index >= 15 is 0 Å². The molecular formula is C20H14F5N3O3. The number of amides is 1. The van der Waals surface area contributed by atoms with Crippen molar-refractivity contribution in [2.45, 2.75) is 13.1 Å². The van der Waals surface area contributed by atoms with Crippen LogP contribution in [0, 0.1) is 11.6 Å². The van der Waals surface area contributed by atoms with Crippen LogP contribution in [0.4, 0.5) is 27.6 Å². The molecular weight excluding hydrogens is 425 g/mol. The summed E-state index contributed by atoms with van der Waals surface area (Å²) >= 11 is 0. The summed E-state index contributed by atoms with van der Waals surface area (Å²) in [5.74, 6) is -4.09. The Bertz CT molecular complexity index is 1120. The second-order valence-electron chi connectivity index (χ2n) is 6.17. The summed E-state index contributed by atoms with van der Waals surface area (Å²) in [5.41, 5.74) is -2.08. The number of rotatable bonds is 5. The summed E-state index contributed by atoms with van der Waals surface area (Å²) in [7, 11) is 0. The van der Waals surface area contributed by atoms with Crippen molar-refractivity contribution in [2.24, 2.45) is 0 Å².